The number of hydrogen-bond donors (Lipinski definition) is 1. The lowest BCUT2D eigenvalue weighted by Crippen LogP contribution is -2.60. The maximum atomic E-state index is 9.60. The zero-order valence-electron chi connectivity index (χ0n) is 10.8. The molecule has 1 aromatic rings. The van der Waals surface area contributed by atoms with Gasteiger partial charge < -0.3 is 10.0 Å². The van der Waals surface area contributed by atoms with E-state index < -0.39 is 5.60 Å². The van der Waals surface area contributed by atoms with Crippen molar-refractivity contribution in [3.05, 3.63) is 17.6 Å². The van der Waals surface area contributed by atoms with E-state index in [1.54, 1.807) is 0 Å². The first-order valence-corrected chi connectivity index (χ1v) is 5.76. The van der Waals surface area contributed by atoms with Crippen molar-refractivity contribution >= 4 is 5.82 Å². The first-order chi connectivity index (χ1) is 7.46. The van der Waals surface area contributed by atoms with E-state index in [-0.39, 0.29) is 0 Å². The number of nitrogens with zero attached hydrogens (tertiary/aromatic N) is 3. The third kappa shape index (κ3) is 2.92. The minimum atomic E-state index is -0.549. The van der Waals surface area contributed by atoms with E-state index in [1.807, 2.05) is 40.7 Å². The van der Waals surface area contributed by atoms with Gasteiger partial charge in [-0.1, -0.05) is 13.8 Å². The fraction of sp³-hybridized carbons (Fsp3) is 0.667. The Morgan fingerprint density at radius 1 is 1.25 bits per heavy atom. The molecule has 0 aromatic carbocycles. The minimum absolute atomic E-state index is 0.549. The molecule has 1 fully saturated rings. The molecule has 0 spiro atoms. The summed E-state index contributed by atoms with van der Waals surface area (Å²) in [7, 11) is 0. The van der Waals surface area contributed by atoms with Gasteiger partial charge >= 0.3 is 0 Å². The van der Waals surface area contributed by atoms with Gasteiger partial charge in [0.15, 0.2) is 0 Å². The summed E-state index contributed by atoms with van der Waals surface area (Å²) in [4.78, 5) is 10.6. The van der Waals surface area contributed by atoms with E-state index in [0.717, 1.165) is 17.3 Å². The summed E-state index contributed by atoms with van der Waals surface area (Å²) >= 11 is 0. The van der Waals surface area contributed by atoms with Crippen molar-refractivity contribution in [2.24, 2.45) is 0 Å². The Balaban J connectivity index is 0.000000606. The van der Waals surface area contributed by atoms with Crippen LogP contribution in [0.3, 0.4) is 0 Å². The molecule has 16 heavy (non-hydrogen) atoms. The third-order valence-electron chi connectivity index (χ3n) is 2.34. The molecule has 2 heterocycles. The van der Waals surface area contributed by atoms with Crippen molar-refractivity contribution in [1.82, 2.24) is 9.97 Å². The average Bonchev–Trinajstić information content (AvgIpc) is 2.15. The van der Waals surface area contributed by atoms with Crippen molar-refractivity contribution in [3.8, 4) is 0 Å². The van der Waals surface area contributed by atoms with Crippen LogP contribution in [0.1, 0.15) is 32.3 Å². The van der Waals surface area contributed by atoms with Crippen LogP contribution in [0, 0.1) is 13.8 Å². The van der Waals surface area contributed by atoms with E-state index in [4.69, 9.17) is 0 Å². The standard InChI is InChI=1S/C10H15N3O.C2H6/c1-7-4-9(12-8(2)11-7)13-5-10(3,14)6-13;1-2/h4,14H,5-6H2,1-3H3;1-2H3. The quantitative estimate of drug-likeness (QED) is 0.787. The van der Waals surface area contributed by atoms with Crippen LogP contribution in [0.15, 0.2) is 6.07 Å². The normalized spacial score (nSPS) is 17.2. The summed E-state index contributed by atoms with van der Waals surface area (Å²) in [6, 6.07) is 1.95. The molecular formula is C12H21N3O. The first kappa shape index (κ1) is 12.9. The van der Waals surface area contributed by atoms with Gasteiger partial charge in [-0.25, -0.2) is 9.97 Å². The maximum absolute atomic E-state index is 9.60. The van der Waals surface area contributed by atoms with Crippen LogP contribution in [0.5, 0.6) is 0 Å². The Kier molecular flexibility index (Phi) is 3.86. The summed E-state index contributed by atoms with van der Waals surface area (Å²) in [6.07, 6.45) is 0. The van der Waals surface area contributed by atoms with Crippen LogP contribution in [0.25, 0.3) is 0 Å². The number of β-amino-alcohol motifs (C(OH)–C–C–N with tert-alkyl or cyclic N) is 1. The number of rotatable bonds is 1. The summed E-state index contributed by atoms with van der Waals surface area (Å²) in [5.74, 6) is 1.70. The van der Waals surface area contributed by atoms with Gasteiger partial charge in [-0.05, 0) is 20.8 Å². The van der Waals surface area contributed by atoms with Crippen molar-refractivity contribution in [3.63, 3.8) is 0 Å². The Morgan fingerprint density at radius 3 is 2.25 bits per heavy atom. The lowest BCUT2D eigenvalue weighted by atomic mass is 9.97. The molecule has 1 aliphatic rings. The number of hydrogen-bond acceptors (Lipinski definition) is 4. The Bertz CT molecular complexity index is 335. The van der Waals surface area contributed by atoms with Gasteiger partial charge in [-0.3, -0.25) is 0 Å². The SMILES string of the molecule is CC.Cc1cc(N2CC(C)(O)C2)nc(C)n1. The third-order valence-corrected chi connectivity index (χ3v) is 2.34. The zero-order valence-corrected chi connectivity index (χ0v) is 10.8. The Labute approximate surface area is 97.3 Å². The lowest BCUT2D eigenvalue weighted by molar-refractivity contribution is 0.0305. The molecule has 4 nitrogen and oxygen atoms in total. The highest BCUT2D eigenvalue weighted by Gasteiger charge is 2.37. The molecule has 0 bridgehead atoms. The van der Waals surface area contributed by atoms with Gasteiger partial charge in [0.2, 0.25) is 0 Å². The molecule has 4 heteroatoms. The second kappa shape index (κ2) is 4.78. The summed E-state index contributed by atoms with van der Waals surface area (Å²) in [5, 5.41) is 9.60. The maximum Gasteiger partial charge on any atom is 0.132 e. The number of aliphatic hydroxyl groups is 1. The van der Waals surface area contributed by atoms with Gasteiger partial charge in [0.05, 0.1) is 5.60 Å². The monoisotopic (exact) mass is 223 g/mol. The molecule has 0 aliphatic carbocycles. The molecular weight excluding hydrogens is 202 g/mol. The highest BCUT2D eigenvalue weighted by molar-refractivity contribution is 5.44. The molecule has 90 valence electrons. The van der Waals surface area contributed by atoms with E-state index >= 15 is 0 Å². The largest absolute Gasteiger partial charge is 0.386 e. The van der Waals surface area contributed by atoms with Crippen LogP contribution in [-0.2, 0) is 0 Å². The van der Waals surface area contributed by atoms with E-state index in [9.17, 15) is 5.11 Å². The molecule has 0 saturated carbocycles. The van der Waals surface area contributed by atoms with E-state index in [0.29, 0.717) is 13.1 Å². The molecule has 0 amide bonds. The topological polar surface area (TPSA) is 49.2 Å². The van der Waals surface area contributed by atoms with Crippen LogP contribution >= 0.6 is 0 Å². The Morgan fingerprint density at radius 2 is 1.81 bits per heavy atom. The van der Waals surface area contributed by atoms with Crippen LogP contribution in [0.2, 0.25) is 0 Å². The fourth-order valence-corrected chi connectivity index (χ4v) is 1.80. The smallest absolute Gasteiger partial charge is 0.132 e. The van der Waals surface area contributed by atoms with Gasteiger partial charge in [0.1, 0.15) is 11.6 Å². The van der Waals surface area contributed by atoms with Crippen molar-refractivity contribution in [1.29, 1.82) is 0 Å². The fourth-order valence-electron chi connectivity index (χ4n) is 1.80. The number of aromatic nitrogens is 2. The van der Waals surface area contributed by atoms with E-state index in [2.05, 4.69) is 14.9 Å². The molecule has 1 N–H and O–H groups in total. The van der Waals surface area contributed by atoms with Gasteiger partial charge in [0.25, 0.3) is 0 Å². The molecule has 0 unspecified atom stereocenters. The highest BCUT2D eigenvalue weighted by Crippen LogP contribution is 2.25. The second-order valence-electron chi connectivity index (χ2n) is 4.27. The molecule has 1 aromatic heterocycles. The first-order valence-electron chi connectivity index (χ1n) is 5.76. The van der Waals surface area contributed by atoms with E-state index in [1.165, 1.54) is 0 Å². The molecule has 0 radical (unpaired) electrons. The van der Waals surface area contributed by atoms with Crippen LogP contribution < -0.4 is 4.90 Å². The summed E-state index contributed by atoms with van der Waals surface area (Å²) in [6.45, 7) is 11.0. The number of anilines is 1. The predicted octanol–water partition coefficient (Wildman–Crippen LogP) is 1.69. The lowest BCUT2D eigenvalue weighted by Gasteiger charge is -2.45. The van der Waals surface area contributed by atoms with Gasteiger partial charge in [-0.2, -0.15) is 0 Å². The molecule has 2 rings (SSSR count). The van der Waals surface area contributed by atoms with Crippen LogP contribution in [-0.4, -0.2) is 33.8 Å². The summed E-state index contributed by atoms with van der Waals surface area (Å²) in [5.41, 5.74) is 0.422. The van der Waals surface area contributed by atoms with Gasteiger partial charge in [0, 0.05) is 24.8 Å². The average molecular weight is 223 g/mol. The van der Waals surface area contributed by atoms with Crippen molar-refractivity contribution in [2.75, 3.05) is 18.0 Å². The zero-order chi connectivity index (χ0) is 12.3. The Hall–Kier alpha value is -1.16. The van der Waals surface area contributed by atoms with Crippen molar-refractivity contribution < 1.29 is 5.11 Å². The van der Waals surface area contributed by atoms with Crippen molar-refractivity contribution in [2.45, 2.75) is 40.2 Å². The van der Waals surface area contributed by atoms with Gasteiger partial charge in [-0.15, -0.1) is 0 Å². The number of aryl methyl sites for hydroxylation is 2. The highest BCUT2D eigenvalue weighted by atomic mass is 16.3. The molecule has 1 aliphatic heterocycles. The van der Waals surface area contributed by atoms with Crippen LogP contribution in [0.4, 0.5) is 5.82 Å². The second-order valence-corrected chi connectivity index (χ2v) is 4.27. The molecule has 0 atom stereocenters. The summed E-state index contributed by atoms with van der Waals surface area (Å²) < 4.78 is 0. The predicted molar refractivity (Wildman–Crippen MR) is 65.7 cm³/mol. The minimum Gasteiger partial charge on any atom is -0.386 e. The molecule has 1 saturated heterocycles.